The largest absolute Gasteiger partial charge is 0.356 e. The molecule has 0 fully saturated rings. The van der Waals surface area contributed by atoms with Gasteiger partial charge < -0.3 is 9.80 Å². The van der Waals surface area contributed by atoms with Crippen molar-refractivity contribution in [2.24, 2.45) is 0 Å². The summed E-state index contributed by atoms with van der Waals surface area (Å²) < 4.78 is 0. The first-order valence-corrected chi connectivity index (χ1v) is 11.6. The predicted octanol–water partition coefficient (Wildman–Crippen LogP) is 6.98. The Labute approximate surface area is 178 Å². The van der Waals surface area contributed by atoms with Gasteiger partial charge >= 0.3 is 0 Å². The normalized spacial score (nSPS) is 16.0. The number of rotatable bonds is 13. The molecule has 156 valence electrons. The highest BCUT2D eigenvalue weighted by atomic mass is 15.4. The van der Waals surface area contributed by atoms with Crippen LogP contribution in [0.3, 0.4) is 0 Å². The van der Waals surface area contributed by atoms with E-state index in [1.807, 2.05) is 0 Å². The summed E-state index contributed by atoms with van der Waals surface area (Å²) >= 11 is 0. The zero-order valence-corrected chi connectivity index (χ0v) is 18.2. The highest BCUT2D eigenvalue weighted by molar-refractivity contribution is 5.19. The lowest BCUT2D eigenvalue weighted by molar-refractivity contribution is 0.144. The molecule has 1 aliphatic rings. The van der Waals surface area contributed by atoms with Crippen LogP contribution in [0.2, 0.25) is 0 Å². The molecule has 1 atom stereocenters. The Kier molecular flexibility index (Phi) is 9.16. The Balaban J connectivity index is 1.50. The number of benzene rings is 2. The Morgan fingerprint density at radius 3 is 1.83 bits per heavy atom. The minimum Gasteiger partial charge on any atom is -0.356 e. The monoisotopic (exact) mass is 390 g/mol. The van der Waals surface area contributed by atoms with Crippen molar-refractivity contribution >= 4 is 0 Å². The third kappa shape index (κ3) is 7.27. The van der Waals surface area contributed by atoms with Crippen molar-refractivity contribution in [1.29, 1.82) is 0 Å². The molecule has 29 heavy (non-hydrogen) atoms. The minimum atomic E-state index is 0.419. The van der Waals surface area contributed by atoms with Gasteiger partial charge in [0.1, 0.15) is 6.17 Å². The van der Waals surface area contributed by atoms with E-state index in [4.69, 9.17) is 0 Å². The molecule has 0 spiro atoms. The maximum atomic E-state index is 2.56. The Hall–Kier alpha value is -2.22. The molecule has 3 rings (SSSR count). The van der Waals surface area contributed by atoms with E-state index in [1.165, 1.54) is 62.5 Å². The third-order valence-corrected chi connectivity index (χ3v) is 5.95. The van der Waals surface area contributed by atoms with E-state index in [9.17, 15) is 0 Å². The van der Waals surface area contributed by atoms with E-state index in [2.05, 4.69) is 89.8 Å². The molecule has 0 radical (unpaired) electrons. The highest BCUT2D eigenvalue weighted by Crippen LogP contribution is 2.23. The molecule has 0 aromatic heterocycles. The molecule has 1 aliphatic heterocycles. The van der Waals surface area contributed by atoms with E-state index in [1.54, 1.807) is 0 Å². The van der Waals surface area contributed by atoms with Crippen molar-refractivity contribution in [2.45, 2.75) is 77.4 Å². The van der Waals surface area contributed by atoms with E-state index in [-0.39, 0.29) is 0 Å². The summed E-state index contributed by atoms with van der Waals surface area (Å²) in [6, 6.07) is 21.8. The van der Waals surface area contributed by atoms with Gasteiger partial charge in [0, 0.05) is 31.9 Å². The van der Waals surface area contributed by atoms with Crippen LogP contribution in [0.4, 0.5) is 0 Å². The van der Waals surface area contributed by atoms with Gasteiger partial charge in [-0.2, -0.15) is 0 Å². The standard InChI is InChI=1S/C27H38N2/c1-2-3-4-5-6-7-8-15-20-28-21-22-29(24-26-18-13-10-14-19-26)27(28)23-25-16-11-9-12-17-25/h9-14,16-19,21-22,27H,2-8,15,20,23-24H2,1H3. The molecule has 2 heteroatoms. The molecule has 0 N–H and O–H groups in total. The lowest BCUT2D eigenvalue weighted by Crippen LogP contribution is -2.40. The second-order valence-electron chi connectivity index (χ2n) is 8.34. The van der Waals surface area contributed by atoms with Crippen molar-refractivity contribution < 1.29 is 0 Å². The van der Waals surface area contributed by atoms with E-state index in [0.717, 1.165) is 19.5 Å². The van der Waals surface area contributed by atoms with Crippen molar-refractivity contribution in [3.63, 3.8) is 0 Å². The molecule has 1 heterocycles. The minimum absolute atomic E-state index is 0.419. The molecule has 0 aliphatic carbocycles. The second-order valence-corrected chi connectivity index (χ2v) is 8.34. The van der Waals surface area contributed by atoms with Crippen LogP contribution in [0, 0.1) is 0 Å². The Morgan fingerprint density at radius 2 is 1.17 bits per heavy atom. The summed E-state index contributed by atoms with van der Waals surface area (Å²) in [5.41, 5.74) is 2.80. The Morgan fingerprint density at radius 1 is 0.621 bits per heavy atom. The number of hydrogen-bond donors (Lipinski definition) is 0. The Bertz CT molecular complexity index is 695. The average molecular weight is 391 g/mol. The van der Waals surface area contributed by atoms with Crippen LogP contribution < -0.4 is 0 Å². The maximum absolute atomic E-state index is 2.56. The number of nitrogens with zero attached hydrogens (tertiary/aromatic N) is 2. The van der Waals surface area contributed by atoms with Crippen LogP contribution in [-0.2, 0) is 13.0 Å². The number of hydrogen-bond acceptors (Lipinski definition) is 2. The molecule has 0 saturated heterocycles. The zero-order valence-electron chi connectivity index (χ0n) is 18.2. The summed E-state index contributed by atoms with van der Waals surface area (Å²) in [5.74, 6) is 0. The predicted molar refractivity (Wildman–Crippen MR) is 124 cm³/mol. The third-order valence-electron chi connectivity index (χ3n) is 5.95. The van der Waals surface area contributed by atoms with Gasteiger partial charge in [-0.15, -0.1) is 0 Å². The maximum Gasteiger partial charge on any atom is 0.105 e. The van der Waals surface area contributed by atoms with Crippen molar-refractivity contribution in [2.75, 3.05) is 6.54 Å². The van der Waals surface area contributed by atoms with Gasteiger partial charge in [-0.1, -0.05) is 113 Å². The summed E-state index contributed by atoms with van der Waals surface area (Å²) in [6.07, 6.45) is 17.1. The molecule has 2 nitrogen and oxygen atoms in total. The quantitative estimate of drug-likeness (QED) is 0.340. The molecule has 0 saturated carbocycles. The van der Waals surface area contributed by atoms with Crippen LogP contribution in [0.25, 0.3) is 0 Å². The van der Waals surface area contributed by atoms with Gasteiger partial charge in [-0.05, 0) is 17.5 Å². The van der Waals surface area contributed by atoms with E-state index >= 15 is 0 Å². The van der Waals surface area contributed by atoms with Crippen LogP contribution in [0.1, 0.15) is 69.4 Å². The SMILES string of the molecule is CCCCCCCCCCN1C=CN(Cc2ccccc2)C1Cc1ccccc1. The molecule has 0 amide bonds. The van der Waals surface area contributed by atoms with Crippen LogP contribution in [-0.4, -0.2) is 22.5 Å². The van der Waals surface area contributed by atoms with E-state index in [0.29, 0.717) is 6.17 Å². The van der Waals surface area contributed by atoms with Gasteiger partial charge in [-0.25, -0.2) is 0 Å². The van der Waals surface area contributed by atoms with Crippen LogP contribution >= 0.6 is 0 Å². The molecular weight excluding hydrogens is 352 g/mol. The van der Waals surface area contributed by atoms with Gasteiger partial charge in [0.25, 0.3) is 0 Å². The zero-order chi connectivity index (χ0) is 20.2. The van der Waals surface area contributed by atoms with Crippen LogP contribution in [0.5, 0.6) is 0 Å². The van der Waals surface area contributed by atoms with Crippen molar-refractivity contribution in [3.05, 3.63) is 84.2 Å². The first-order valence-electron chi connectivity index (χ1n) is 11.6. The summed E-state index contributed by atoms with van der Waals surface area (Å²) in [7, 11) is 0. The highest BCUT2D eigenvalue weighted by Gasteiger charge is 2.26. The average Bonchev–Trinajstić information content (AvgIpc) is 3.12. The molecule has 0 bridgehead atoms. The summed E-state index contributed by atoms with van der Waals surface area (Å²) in [6.45, 7) is 4.42. The van der Waals surface area contributed by atoms with Gasteiger partial charge in [0.15, 0.2) is 0 Å². The fraction of sp³-hybridized carbons (Fsp3) is 0.481. The molecule has 1 unspecified atom stereocenters. The van der Waals surface area contributed by atoms with Gasteiger partial charge in [0.2, 0.25) is 0 Å². The number of unbranched alkanes of at least 4 members (excludes halogenated alkanes) is 7. The smallest absolute Gasteiger partial charge is 0.105 e. The van der Waals surface area contributed by atoms with E-state index < -0.39 is 0 Å². The lowest BCUT2D eigenvalue weighted by Gasteiger charge is -2.33. The summed E-state index contributed by atoms with van der Waals surface area (Å²) in [5, 5.41) is 0. The van der Waals surface area contributed by atoms with Crippen molar-refractivity contribution in [3.8, 4) is 0 Å². The topological polar surface area (TPSA) is 6.48 Å². The van der Waals surface area contributed by atoms with Crippen molar-refractivity contribution in [1.82, 2.24) is 9.80 Å². The van der Waals surface area contributed by atoms with Gasteiger partial charge in [-0.3, -0.25) is 0 Å². The van der Waals surface area contributed by atoms with Gasteiger partial charge in [0.05, 0.1) is 0 Å². The molecular formula is C27H38N2. The molecule has 2 aromatic carbocycles. The fourth-order valence-electron chi connectivity index (χ4n) is 4.22. The lowest BCUT2D eigenvalue weighted by atomic mass is 10.1. The molecule has 2 aromatic rings. The summed E-state index contributed by atoms with van der Waals surface area (Å²) in [4.78, 5) is 5.07. The van der Waals surface area contributed by atoms with Crippen LogP contribution in [0.15, 0.2) is 73.1 Å². The first-order chi connectivity index (χ1) is 14.4. The first kappa shape index (κ1) is 21.5. The second kappa shape index (κ2) is 12.4. The fourth-order valence-corrected chi connectivity index (χ4v) is 4.22.